The minimum absolute atomic E-state index is 0.0304. The van der Waals surface area contributed by atoms with E-state index in [0.29, 0.717) is 0 Å². The first-order chi connectivity index (χ1) is 5.84. The molecule has 1 unspecified atom stereocenters. The Morgan fingerprint density at radius 2 is 2.23 bits per heavy atom. The molecule has 0 saturated heterocycles. The molecule has 13 heavy (non-hydrogen) atoms. The van der Waals surface area contributed by atoms with E-state index in [-0.39, 0.29) is 9.77 Å². The molecule has 0 radical (unpaired) electrons. The Morgan fingerprint density at radius 1 is 1.69 bits per heavy atom. The van der Waals surface area contributed by atoms with Gasteiger partial charge in [0.15, 0.2) is 5.82 Å². The number of halogens is 1. The summed E-state index contributed by atoms with van der Waals surface area (Å²) in [7, 11) is -1.82. The molecule has 1 aromatic rings. The molecule has 1 atom stereocenters. The molecule has 0 aliphatic rings. The zero-order valence-corrected chi connectivity index (χ0v) is 8.84. The van der Waals surface area contributed by atoms with E-state index in [9.17, 15) is 13.7 Å². The maximum absolute atomic E-state index is 13.4. The monoisotopic (exact) mass is 223 g/mol. The molecule has 0 aromatic carbocycles. The van der Waals surface area contributed by atoms with Gasteiger partial charge in [-0.3, -0.25) is 0 Å². The summed E-state index contributed by atoms with van der Waals surface area (Å²) in [5.41, 5.74) is -1.13. The van der Waals surface area contributed by atoms with E-state index >= 15 is 0 Å². The minimum Gasteiger partial charge on any atom is -0.386 e. The average molecular weight is 223 g/mol. The topological polar surface area (TPSA) is 63.3 Å². The largest absolute Gasteiger partial charge is 0.386 e. The van der Waals surface area contributed by atoms with Crippen LogP contribution in [0.1, 0.15) is 19.4 Å². The number of hydrogen-bond acceptors (Lipinski definition) is 3. The van der Waals surface area contributed by atoms with Crippen molar-refractivity contribution < 1.29 is 13.7 Å². The van der Waals surface area contributed by atoms with Crippen molar-refractivity contribution in [3.8, 4) is 0 Å². The Morgan fingerprint density at radius 3 is 2.46 bits per heavy atom. The van der Waals surface area contributed by atoms with Crippen molar-refractivity contribution in [2.75, 3.05) is 0 Å². The molecular formula is C7H10FNO2S2. The summed E-state index contributed by atoms with van der Waals surface area (Å²) in [4.78, 5) is 0. The molecule has 1 rings (SSSR count). The number of thiophene rings is 1. The third kappa shape index (κ3) is 2.14. The summed E-state index contributed by atoms with van der Waals surface area (Å²) in [6, 6.07) is 0. The highest BCUT2D eigenvalue weighted by atomic mass is 32.2. The highest BCUT2D eigenvalue weighted by Gasteiger charge is 2.25. The molecule has 0 aliphatic heterocycles. The van der Waals surface area contributed by atoms with Gasteiger partial charge < -0.3 is 5.11 Å². The van der Waals surface area contributed by atoms with Crippen LogP contribution in [0.4, 0.5) is 4.39 Å². The highest BCUT2D eigenvalue weighted by molar-refractivity contribution is 7.85. The molecule has 0 aliphatic carbocycles. The van der Waals surface area contributed by atoms with Crippen LogP contribution in [0.5, 0.6) is 0 Å². The molecule has 0 amide bonds. The van der Waals surface area contributed by atoms with Crippen LogP contribution < -0.4 is 5.14 Å². The molecule has 3 N–H and O–H groups in total. The quantitative estimate of drug-likeness (QED) is 0.788. The first-order valence-corrected chi connectivity index (χ1v) is 5.59. The minimum atomic E-state index is -1.82. The SMILES string of the molecule is CC(C)(O)c1csc(S(N)=O)c1F. The third-order valence-electron chi connectivity index (χ3n) is 1.54. The second kappa shape index (κ2) is 3.45. The lowest BCUT2D eigenvalue weighted by Crippen LogP contribution is -2.16. The van der Waals surface area contributed by atoms with Crippen LogP contribution in [0.25, 0.3) is 0 Å². The standard InChI is InChI=1S/C7H10FNO2S2/c1-7(2,10)4-3-12-6(5(4)8)13(9)11/h3,10H,9H2,1-2H3. The molecule has 1 heterocycles. The van der Waals surface area contributed by atoms with Crippen LogP contribution in [0.2, 0.25) is 0 Å². The van der Waals surface area contributed by atoms with Gasteiger partial charge in [-0.25, -0.2) is 13.7 Å². The molecule has 3 nitrogen and oxygen atoms in total. The fraction of sp³-hybridized carbons (Fsp3) is 0.429. The lowest BCUT2D eigenvalue weighted by Gasteiger charge is -2.15. The van der Waals surface area contributed by atoms with Gasteiger partial charge in [-0.05, 0) is 13.8 Å². The smallest absolute Gasteiger partial charge is 0.157 e. The van der Waals surface area contributed by atoms with Gasteiger partial charge in [-0.2, -0.15) is 0 Å². The molecule has 1 aromatic heterocycles. The summed E-state index contributed by atoms with van der Waals surface area (Å²) >= 11 is 0.951. The van der Waals surface area contributed by atoms with Crippen molar-refractivity contribution in [2.24, 2.45) is 5.14 Å². The summed E-state index contributed by atoms with van der Waals surface area (Å²) in [5.74, 6) is -0.668. The predicted octanol–water partition coefficient (Wildman–Crippen LogP) is 1.10. The van der Waals surface area contributed by atoms with Gasteiger partial charge in [0.25, 0.3) is 0 Å². The Labute approximate surface area is 82.0 Å². The molecule has 6 heteroatoms. The number of hydrogen-bond donors (Lipinski definition) is 2. The van der Waals surface area contributed by atoms with Crippen LogP contribution in [0.3, 0.4) is 0 Å². The summed E-state index contributed by atoms with van der Waals surface area (Å²) in [5, 5.41) is 16.0. The molecule has 0 fully saturated rings. The van der Waals surface area contributed by atoms with Crippen molar-refractivity contribution in [3.05, 3.63) is 16.8 Å². The van der Waals surface area contributed by atoms with Crippen molar-refractivity contribution in [3.63, 3.8) is 0 Å². The van der Waals surface area contributed by atoms with Crippen LogP contribution in [-0.4, -0.2) is 9.32 Å². The summed E-state index contributed by atoms with van der Waals surface area (Å²) in [6.45, 7) is 2.92. The normalized spacial score (nSPS) is 14.5. The third-order valence-corrected chi connectivity index (χ3v) is 3.61. The molecular weight excluding hydrogens is 213 g/mol. The zero-order chi connectivity index (χ0) is 10.2. The summed E-state index contributed by atoms with van der Waals surface area (Å²) in [6.07, 6.45) is 0. The number of aliphatic hydroxyl groups is 1. The Hall–Kier alpha value is -0.300. The highest BCUT2D eigenvalue weighted by Crippen LogP contribution is 2.30. The van der Waals surface area contributed by atoms with Crippen LogP contribution >= 0.6 is 11.3 Å². The van der Waals surface area contributed by atoms with Crippen LogP contribution in [0.15, 0.2) is 9.59 Å². The lowest BCUT2D eigenvalue weighted by molar-refractivity contribution is 0.0748. The van der Waals surface area contributed by atoms with Gasteiger partial charge in [0.2, 0.25) is 0 Å². The van der Waals surface area contributed by atoms with E-state index in [4.69, 9.17) is 5.14 Å². The van der Waals surface area contributed by atoms with Crippen LogP contribution in [-0.2, 0) is 16.6 Å². The van der Waals surface area contributed by atoms with Gasteiger partial charge in [-0.15, -0.1) is 11.3 Å². The zero-order valence-electron chi connectivity index (χ0n) is 7.20. The van der Waals surface area contributed by atoms with Gasteiger partial charge in [0.05, 0.1) is 5.60 Å². The van der Waals surface area contributed by atoms with E-state index in [1.54, 1.807) is 0 Å². The second-order valence-electron chi connectivity index (χ2n) is 3.11. The van der Waals surface area contributed by atoms with Gasteiger partial charge in [0.1, 0.15) is 15.2 Å². The Balaban J connectivity index is 3.22. The molecule has 0 bridgehead atoms. The van der Waals surface area contributed by atoms with Crippen molar-refractivity contribution in [1.82, 2.24) is 0 Å². The van der Waals surface area contributed by atoms with Crippen LogP contribution in [0, 0.1) is 5.82 Å². The maximum Gasteiger partial charge on any atom is 0.157 e. The fourth-order valence-electron chi connectivity index (χ4n) is 0.874. The van der Waals surface area contributed by atoms with E-state index < -0.39 is 22.4 Å². The summed E-state index contributed by atoms with van der Waals surface area (Å²) < 4.78 is 24.1. The van der Waals surface area contributed by atoms with Gasteiger partial charge >= 0.3 is 0 Å². The first kappa shape index (κ1) is 10.8. The van der Waals surface area contributed by atoms with Crippen molar-refractivity contribution in [1.29, 1.82) is 0 Å². The Kier molecular flexibility index (Phi) is 2.86. The Bertz CT molecular complexity index is 343. The lowest BCUT2D eigenvalue weighted by atomic mass is 10.0. The fourth-order valence-corrected chi connectivity index (χ4v) is 2.51. The average Bonchev–Trinajstić information content (AvgIpc) is 2.28. The molecule has 74 valence electrons. The van der Waals surface area contributed by atoms with E-state index in [1.807, 2.05) is 0 Å². The predicted molar refractivity (Wildman–Crippen MR) is 50.1 cm³/mol. The van der Waals surface area contributed by atoms with Gasteiger partial charge in [0, 0.05) is 10.9 Å². The maximum atomic E-state index is 13.4. The number of rotatable bonds is 2. The van der Waals surface area contributed by atoms with Crippen molar-refractivity contribution >= 4 is 22.3 Å². The second-order valence-corrected chi connectivity index (χ2v) is 5.25. The molecule has 0 spiro atoms. The number of nitrogens with two attached hydrogens (primary N) is 1. The van der Waals surface area contributed by atoms with Crippen molar-refractivity contribution in [2.45, 2.75) is 23.7 Å². The van der Waals surface area contributed by atoms with E-state index in [2.05, 4.69) is 0 Å². The first-order valence-electron chi connectivity index (χ1n) is 3.50. The van der Waals surface area contributed by atoms with E-state index in [0.717, 1.165) is 11.3 Å². The van der Waals surface area contributed by atoms with Gasteiger partial charge in [-0.1, -0.05) is 0 Å². The van der Waals surface area contributed by atoms with E-state index in [1.165, 1.54) is 19.2 Å². The molecule has 0 saturated carbocycles.